The first-order chi connectivity index (χ1) is 8.63. The van der Waals surface area contributed by atoms with Crippen LogP contribution in [0.4, 0.5) is 4.39 Å². The summed E-state index contributed by atoms with van der Waals surface area (Å²) < 4.78 is 19.0. The van der Waals surface area contributed by atoms with Gasteiger partial charge in [0.1, 0.15) is 0 Å². The summed E-state index contributed by atoms with van der Waals surface area (Å²) in [6, 6.07) is 6.48. The molecule has 0 aliphatic carbocycles. The van der Waals surface area contributed by atoms with E-state index in [2.05, 4.69) is 0 Å². The molecule has 6 heteroatoms. The van der Waals surface area contributed by atoms with Gasteiger partial charge in [0.25, 0.3) is 0 Å². The summed E-state index contributed by atoms with van der Waals surface area (Å²) in [4.78, 5) is 0.967. The minimum Gasteiger partial charge on any atom is -0.489 e. The van der Waals surface area contributed by atoms with Gasteiger partial charge < -0.3 is 10.5 Å². The summed E-state index contributed by atoms with van der Waals surface area (Å²) in [7, 11) is 0. The minimum atomic E-state index is -0.480. The predicted molar refractivity (Wildman–Crippen MR) is 80.2 cm³/mol. The second-order valence-electron chi connectivity index (χ2n) is 3.74. The quantitative estimate of drug-likeness (QED) is 0.905. The van der Waals surface area contributed by atoms with Crippen molar-refractivity contribution in [3.05, 3.63) is 50.9 Å². The molecule has 104 valence electrons. The Morgan fingerprint density at radius 2 is 2.21 bits per heavy atom. The second-order valence-corrected chi connectivity index (χ2v) is 5.13. The largest absolute Gasteiger partial charge is 0.489 e. The average Bonchev–Trinajstić information content (AvgIpc) is 2.86. The van der Waals surface area contributed by atoms with Crippen molar-refractivity contribution in [2.75, 3.05) is 6.61 Å². The monoisotopic (exact) mass is 321 g/mol. The second kappa shape index (κ2) is 7.10. The maximum Gasteiger partial charge on any atom is 0.173 e. The Bertz CT molecular complexity index is 510. The molecule has 0 radical (unpaired) electrons. The van der Waals surface area contributed by atoms with E-state index in [0.29, 0.717) is 12.2 Å². The van der Waals surface area contributed by atoms with E-state index in [9.17, 15) is 4.39 Å². The highest BCUT2D eigenvalue weighted by atomic mass is 35.5. The topological polar surface area (TPSA) is 35.2 Å². The average molecular weight is 322 g/mol. The Balaban J connectivity index is 0.00000180. The summed E-state index contributed by atoms with van der Waals surface area (Å²) in [5.41, 5.74) is 6.71. The molecule has 0 fully saturated rings. The van der Waals surface area contributed by atoms with Gasteiger partial charge in [-0.15, -0.1) is 23.7 Å². The van der Waals surface area contributed by atoms with E-state index >= 15 is 0 Å². The molecule has 1 aromatic heterocycles. The number of hydrogen-bond donors (Lipinski definition) is 1. The van der Waals surface area contributed by atoms with Crippen LogP contribution in [0.15, 0.2) is 29.6 Å². The van der Waals surface area contributed by atoms with Crippen LogP contribution in [0.3, 0.4) is 0 Å². The summed E-state index contributed by atoms with van der Waals surface area (Å²) in [5, 5.41) is 2.18. The van der Waals surface area contributed by atoms with Crippen LogP contribution in [0.25, 0.3) is 0 Å². The van der Waals surface area contributed by atoms with E-state index in [1.165, 1.54) is 17.4 Å². The highest BCUT2D eigenvalue weighted by molar-refractivity contribution is 7.10. The lowest BCUT2D eigenvalue weighted by Gasteiger charge is -2.13. The number of nitrogens with two attached hydrogens (primary N) is 1. The first-order valence-electron chi connectivity index (χ1n) is 5.54. The molecule has 0 unspecified atom stereocenters. The zero-order valence-electron chi connectivity index (χ0n) is 10.2. The third kappa shape index (κ3) is 3.60. The predicted octanol–water partition coefficient (Wildman–Crippen LogP) is 4.41. The molecule has 2 N–H and O–H groups in total. The summed E-state index contributed by atoms with van der Waals surface area (Å²) in [6.45, 7) is 2.15. The van der Waals surface area contributed by atoms with Crippen LogP contribution >= 0.6 is 35.3 Å². The van der Waals surface area contributed by atoms with E-state index in [1.807, 2.05) is 17.5 Å². The van der Waals surface area contributed by atoms with Crippen LogP contribution in [0.1, 0.15) is 23.4 Å². The van der Waals surface area contributed by atoms with Gasteiger partial charge in [0.05, 0.1) is 17.7 Å². The summed E-state index contributed by atoms with van der Waals surface area (Å²) in [5.74, 6) is -0.396. The maximum absolute atomic E-state index is 13.8. The zero-order valence-corrected chi connectivity index (χ0v) is 12.6. The van der Waals surface area contributed by atoms with Gasteiger partial charge in [-0.3, -0.25) is 0 Å². The minimum absolute atomic E-state index is 0. The number of ether oxygens (including phenoxy) is 1. The van der Waals surface area contributed by atoms with Crippen LogP contribution in [0, 0.1) is 5.82 Å². The molecule has 0 spiro atoms. The van der Waals surface area contributed by atoms with Crippen molar-refractivity contribution in [1.82, 2.24) is 0 Å². The van der Waals surface area contributed by atoms with Gasteiger partial charge in [-0.1, -0.05) is 17.7 Å². The highest BCUT2D eigenvalue weighted by Gasteiger charge is 2.16. The van der Waals surface area contributed by atoms with Gasteiger partial charge in [-0.05, 0) is 36.1 Å². The molecule has 0 saturated heterocycles. The van der Waals surface area contributed by atoms with Gasteiger partial charge in [-0.25, -0.2) is 4.39 Å². The van der Waals surface area contributed by atoms with E-state index in [4.69, 9.17) is 22.1 Å². The molecule has 0 aliphatic heterocycles. The SMILES string of the molecule is CCOc1c(F)cc([C@@H](N)c2cccs2)cc1Cl.Cl. The number of thiophene rings is 1. The van der Waals surface area contributed by atoms with Crippen LogP contribution < -0.4 is 10.5 Å². The molecular weight excluding hydrogens is 308 g/mol. The number of benzene rings is 1. The Kier molecular flexibility index (Phi) is 6.07. The normalized spacial score (nSPS) is 11.8. The van der Waals surface area contributed by atoms with E-state index in [0.717, 1.165) is 4.88 Å². The van der Waals surface area contributed by atoms with E-state index in [-0.39, 0.29) is 29.2 Å². The van der Waals surface area contributed by atoms with Gasteiger partial charge in [0.2, 0.25) is 0 Å². The molecule has 0 bridgehead atoms. The third-order valence-electron chi connectivity index (χ3n) is 2.52. The molecule has 0 aliphatic rings. The number of rotatable bonds is 4. The Morgan fingerprint density at radius 1 is 1.47 bits per heavy atom. The first-order valence-corrected chi connectivity index (χ1v) is 6.80. The summed E-state index contributed by atoms with van der Waals surface area (Å²) >= 11 is 7.53. The van der Waals surface area contributed by atoms with Gasteiger partial charge in [-0.2, -0.15) is 0 Å². The number of halogens is 3. The van der Waals surface area contributed by atoms with Crippen LogP contribution in [0.2, 0.25) is 5.02 Å². The standard InChI is InChI=1S/C13H13ClFNOS.ClH/c1-2-17-13-9(14)6-8(7-10(13)15)12(16)11-4-3-5-18-11;/h3-7,12H,2,16H2,1H3;1H/t12-;/m1./s1. The molecule has 0 amide bonds. The van der Waals surface area contributed by atoms with Gasteiger partial charge in [0.15, 0.2) is 11.6 Å². The fraction of sp³-hybridized carbons (Fsp3) is 0.231. The Labute approximate surface area is 126 Å². The van der Waals surface area contributed by atoms with E-state index in [1.54, 1.807) is 13.0 Å². The molecule has 2 nitrogen and oxygen atoms in total. The van der Waals surface area contributed by atoms with Crippen molar-refractivity contribution >= 4 is 35.3 Å². The van der Waals surface area contributed by atoms with Crippen LogP contribution in [-0.4, -0.2) is 6.61 Å². The van der Waals surface area contributed by atoms with Crippen molar-refractivity contribution in [3.63, 3.8) is 0 Å². The first kappa shape index (κ1) is 16.2. The molecule has 1 heterocycles. The van der Waals surface area contributed by atoms with Crippen LogP contribution in [-0.2, 0) is 0 Å². The fourth-order valence-corrected chi connectivity index (χ4v) is 2.70. The third-order valence-corrected chi connectivity index (χ3v) is 3.75. The van der Waals surface area contributed by atoms with Gasteiger partial charge >= 0.3 is 0 Å². The lowest BCUT2D eigenvalue weighted by atomic mass is 10.1. The lowest BCUT2D eigenvalue weighted by molar-refractivity contribution is 0.321. The molecule has 1 aromatic carbocycles. The molecule has 2 aromatic rings. The van der Waals surface area contributed by atoms with Crippen molar-refractivity contribution in [1.29, 1.82) is 0 Å². The van der Waals surface area contributed by atoms with Crippen molar-refractivity contribution in [2.24, 2.45) is 5.73 Å². The highest BCUT2D eigenvalue weighted by Crippen LogP contribution is 2.33. The van der Waals surface area contributed by atoms with E-state index < -0.39 is 5.82 Å². The van der Waals surface area contributed by atoms with Gasteiger partial charge in [0, 0.05) is 4.88 Å². The number of hydrogen-bond acceptors (Lipinski definition) is 3. The van der Waals surface area contributed by atoms with Crippen molar-refractivity contribution in [2.45, 2.75) is 13.0 Å². The molecule has 19 heavy (non-hydrogen) atoms. The van der Waals surface area contributed by atoms with Crippen molar-refractivity contribution in [3.8, 4) is 5.75 Å². The molecule has 1 atom stereocenters. The maximum atomic E-state index is 13.8. The lowest BCUT2D eigenvalue weighted by Crippen LogP contribution is -2.11. The molecule has 0 saturated carbocycles. The fourth-order valence-electron chi connectivity index (χ4n) is 1.67. The smallest absolute Gasteiger partial charge is 0.173 e. The molecule has 2 rings (SSSR count). The summed E-state index contributed by atoms with van der Waals surface area (Å²) in [6.07, 6.45) is 0. The molecular formula is C13H14Cl2FNOS. The Morgan fingerprint density at radius 3 is 2.74 bits per heavy atom. The van der Waals surface area contributed by atoms with Crippen LogP contribution in [0.5, 0.6) is 5.75 Å². The zero-order chi connectivity index (χ0) is 13.1. The van der Waals surface area contributed by atoms with Crippen molar-refractivity contribution < 1.29 is 9.13 Å². The Hall–Kier alpha value is -0.810.